The zero-order valence-corrected chi connectivity index (χ0v) is 33.5. The summed E-state index contributed by atoms with van der Waals surface area (Å²) in [6.07, 6.45) is 5.88. The van der Waals surface area contributed by atoms with Crippen molar-refractivity contribution < 1.29 is 0 Å². The minimum absolute atomic E-state index is 0.327. The van der Waals surface area contributed by atoms with E-state index in [2.05, 4.69) is 226 Å². The van der Waals surface area contributed by atoms with Crippen LogP contribution in [0.15, 0.2) is 207 Å². The topological polar surface area (TPSA) is 3.24 Å². The lowest BCUT2D eigenvalue weighted by Gasteiger charge is -2.26. The van der Waals surface area contributed by atoms with Gasteiger partial charge < -0.3 is 4.90 Å². The Balaban J connectivity index is 0.941. The molecule has 282 valence electrons. The van der Waals surface area contributed by atoms with Crippen LogP contribution in [-0.4, -0.2) is 0 Å². The van der Waals surface area contributed by atoms with Crippen LogP contribution in [0.2, 0.25) is 0 Å². The average molecular weight is 748 g/mol. The Morgan fingerprint density at radius 1 is 0.414 bits per heavy atom. The van der Waals surface area contributed by atoms with E-state index < -0.39 is 0 Å². The van der Waals surface area contributed by atoms with E-state index in [1.54, 1.807) is 0 Å². The Hall–Kier alpha value is -6.96. The number of anilines is 3. The summed E-state index contributed by atoms with van der Waals surface area (Å²) in [7, 11) is 0. The lowest BCUT2D eigenvalue weighted by Crippen LogP contribution is -2.10. The van der Waals surface area contributed by atoms with Crippen molar-refractivity contribution in [1.29, 1.82) is 0 Å². The fourth-order valence-corrected chi connectivity index (χ4v) is 8.01. The quantitative estimate of drug-likeness (QED) is 0.114. The maximum Gasteiger partial charge on any atom is 0.0467 e. The molecule has 8 aromatic carbocycles. The second kappa shape index (κ2) is 17.5. The summed E-state index contributed by atoms with van der Waals surface area (Å²) in [6.45, 7) is 12.3. The first-order chi connectivity index (χ1) is 28.4. The number of benzene rings is 8. The molecule has 0 spiro atoms. The SMILES string of the molecule is C=Cc1cccc(C(CCc2ccc(-c3ccc(-c4ccc(-c5ccc(N(c6cccc(C)c6)c6cccc(C=C)c6)cc5)cc4)cc3)cc2)c2cccc(C)c2)c1. The third-order valence-corrected chi connectivity index (χ3v) is 11.2. The van der Waals surface area contributed by atoms with Gasteiger partial charge in [-0.1, -0.05) is 189 Å². The molecule has 0 N–H and O–H groups in total. The third-order valence-electron chi connectivity index (χ3n) is 11.2. The highest BCUT2D eigenvalue weighted by atomic mass is 15.1. The molecule has 1 unspecified atom stereocenters. The molecule has 0 aliphatic heterocycles. The van der Waals surface area contributed by atoms with Gasteiger partial charge in [0, 0.05) is 23.0 Å². The van der Waals surface area contributed by atoms with Crippen molar-refractivity contribution in [3.8, 4) is 33.4 Å². The summed E-state index contributed by atoms with van der Waals surface area (Å²) in [4.78, 5) is 2.30. The van der Waals surface area contributed by atoms with Crippen molar-refractivity contribution in [1.82, 2.24) is 0 Å². The van der Waals surface area contributed by atoms with Gasteiger partial charge in [-0.25, -0.2) is 0 Å². The van der Waals surface area contributed by atoms with Crippen LogP contribution in [0, 0.1) is 13.8 Å². The van der Waals surface area contributed by atoms with Crippen LogP contribution in [-0.2, 0) is 6.42 Å². The van der Waals surface area contributed by atoms with Gasteiger partial charge in [-0.2, -0.15) is 0 Å². The van der Waals surface area contributed by atoms with Gasteiger partial charge in [-0.3, -0.25) is 0 Å². The number of nitrogens with zero attached hydrogens (tertiary/aromatic N) is 1. The van der Waals surface area contributed by atoms with E-state index in [9.17, 15) is 0 Å². The normalized spacial score (nSPS) is 11.5. The number of rotatable bonds is 13. The highest BCUT2D eigenvalue weighted by molar-refractivity contribution is 5.80. The Kier molecular flexibility index (Phi) is 11.4. The maximum absolute atomic E-state index is 4.00. The van der Waals surface area contributed by atoms with Gasteiger partial charge in [-0.05, 0) is 130 Å². The zero-order chi connectivity index (χ0) is 39.8. The van der Waals surface area contributed by atoms with Crippen LogP contribution in [0.1, 0.15) is 51.3 Å². The fraction of sp³-hybridized carbons (Fsp3) is 0.0877. The molecule has 8 aromatic rings. The molecule has 0 fully saturated rings. The van der Waals surface area contributed by atoms with Crippen LogP contribution in [0.3, 0.4) is 0 Å². The Bertz CT molecular complexity index is 2650. The molecule has 0 aromatic heterocycles. The number of hydrogen-bond acceptors (Lipinski definition) is 1. The summed E-state index contributed by atoms with van der Waals surface area (Å²) < 4.78 is 0. The molecule has 58 heavy (non-hydrogen) atoms. The molecule has 0 saturated heterocycles. The van der Waals surface area contributed by atoms with Crippen LogP contribution in [0.25, 0.3) is 45.5 Å². The highest BCUT2D eigenvalue weighted by Crippen LogP contribution is 2.37. The molecule has 0 bridgehead atoms. The molecule has 8 rings (SSSR count). The van der Waals surface area contributed by atoms with Gasteiger partial charge in [0.05, 0.1) is 0 Å². The van der Waals surface area contributed by atoms with Crippen molar-refractivity contribution >= 4 is 29.2 Å². The van der Waals surface area contributed by atoms with E-state index >= 15 is 0 Å². The molecule has 0 aliphatic rings. The molecule has 1 heteroatoms. The van der Waals surface area contributed by atoms with Gasteiger partial charge in [-0.15, -0.1) is 0 Å². The summed E-state index contributed by atoms with van der Waals surface area (Å²) in [5.74, 6) is 0.327. The van der Waals surface area contributed by atoms with Crippen molar-refractivity contribution in [3.63, 3.8) is 0 Å². The summed E-state index contributed by atoms with van der Waals surface area (Å²) in [5, 5.41) is 0. The van der Waals surface area contributed by atoms with E-state index in [0.717, 1.165) is 41.0 Å². The maximum atomic E-state index is 4.00. The van der Waals surface area contributed by atoms with E-state index in [-0.39, 0.29) is 0 Å². The molecule has 0 aliphatic carbocycles. The molecular weight excluding hydrogens is 699 g/mol. The minimum atomic E-state index is 0.327. The second-order valence-electron chi connectivity index (χ2n) is 15.3. The van der Waals surface area contributed by atoms with Crippen LogP contribution < -0.4 is 4.90 Å². The highest BCUT2D eigenvalue weighted by Gasteiger charge is 2.16. The van der Waals surface area contributed by atoms with E-state index in [0.29, 0.717) is 5.92 Å². The van der Waals surface area contributed by atoms with E-state index in [1.807, 2.05) is 12.2 Å². The Morgan fingerprint density at radius 2 is 0.828 bits per heavy atom. The lowest BCUT2D eigenvalue weighted by molar-refractivity contribution is 0.714. The van der Waals surface area contributed by atoms with Gasteiger partial charge in [0.25, 0.3) is 0 Å². The Labute approximate surface area is 344 Å². The van der Waals surface area contributed by atoms with Crippen molar-refractivity contribution in [3.05, 3.63) is 246 Å². The van der Waals surface area contributed by atoms with Gasteiger partial charge in [0.2, 0.25) is 0 Å². The lowest BCUT2D eigenvalue weighted by atomic mass is 9.85. The largest absolute Gasteiger partial charge is 0.310 e. The predicted octanol–water partition coefficient (Wildman–Crippen LogP) is 15.8. The molecule has 1 nitrogen and oxygen atoms in total. The standard InChI is InChI=1S/C57H49N/c1-5-43-13-9-16-53(39-43)57(52-15-7-11-41(3)37-52)36-21-45-19-22-46(23-20-45)47-24-26-48(27-25-47)49-28-30-50(31-29-49)51-32-34-54(35-33-51)58(55-17-8-12-42(4)38-55)56-18-10-14-44(6-2)40-56/h5-20,22-35,37-40,57H,1-2,21,36H2,3-4H3. The first kappa shape index (κ1) is 37.9. The number of aryl methyl sites for hydroxylation is 3. The average Bonchev–Trinajstić information content (AvgIpc) is 3.27. The van der Waals surface area contributed by atoms with E-state index in [1.165, 1.54) is 61.2 Å². The third kappa shape index (κ3) is 8.70. The molecular formula is C57H49N. The first-order valence-electron chi connectivity index (χ1n) is 20.2. The van der Waals surface area contributed by atoms with Crippen LogP contribution >= 0.6 is 0 Å². The molecule has 0 saturated carbocycles. The second-order valence-corrected chi connectivity index (χ2v) is 15.3. The van der Waals surface area contributed by atoms with Crippen molar-refractivity contribution in [2.24, 2.45) is 0 Å². The smallest absolute Gasteiger partial charge is 0.0467 e. The predicted molar refractivity (Wildman–Crippen MR) is 250 cm³/mol. The monoisotopic (exact) mass is 747 g/mol. The molecule has 0 radical (unpaired) electrons. The summed E-state index contributed by atoms with van der Waals surface area (Å²) in [5.41, 5.74) is 19.4. The fourth-order valence-electron chi connectivity index (χ4n) is 8.01. The van der Waals surface area contributed by atoms with Crippen LogP contribution in [0.5, 0.6) is 0 Å². The van der Waals surface area contributed by atoms with Crippen molar-refractivity contribution in [2.45, 2.75) is 32.6 Å². The molecule has 0 heterocycles. The van der Waals surface area contributed by atoms with Crippen molar-refractivity contribution in [2.75, 3.05) is 4.90 Å². The molecule has 0 amide bonds. The molecule has 1 atom stereocenters. The minimum Gasteiger partial charge on any atom is -0.310 e. The van der Waals surface area contributed by atoms with E-state index in [4.69, 9.17) is 0 Å². The van der Waals surface area contributed by atoms with Gasteiger partial charge in [0.1, 0.15) is 0 Å². The number of hydrogen-bond donors (Lipinski definition) is 0. The summed E-state index contributed by atoms with van der Waals surface area (Å²) >= 11 is 0. The van der Waals surface area contributed by atoms with Gasteiger partial charge >= 0.3 is 0 Å². The van der Waals surface area contributed by atoms with Crippen LogP contribution in [0.4, 0.5) is 17.1 Å². The Morgan fingerprint density at radius 3 is 1.34 bits per heavy atom. The summed E-state index contributed by atoms with van der Waals surface area (Å²) in [6, 6.07) is 70.7. The van der Waals surface area contributed by atoms with Gasteiger partial charge in [0.15, 0.2) is 0 Å². The zero-order valence-electron chi connectivity index (χ0n) is 33.5. The first-order valence-corrected chi connectivity index (χ1v) is 20.2.